The van der Waals surface area contributed by atoms with E-state index < -0.39 is 0 Å². The Kier molecular flexibility index (Phi) is 4.67. The van der Waals surface area contributed by atoms with Gasteiger partial charge in [-0.25, -0.2) is 9.07 Å². The number of nitrogens with zero attached hydrogens (tertiary/aromatic N) is 4. The normalized spacial score (nSPS) is 10.8. The number of hydrogen-bond acceptors (Lipinski definition) is 5. The van der Waals surface area contributed by atoms with Crippen molar-refractivity contribution in [2.45, 2.75) is 17.5 Å². The average molecular weight is 332 g/mol. The predicted octanol–water partition coefficient (Wildman–Crippen LogP) is 1.83. The topological polar surface area (TPSA) is 69.6 Å². The van der Waals surface area contributed by atoms with Crippen molar-refractivity contribution in [2.75, 3.05) is 6.54 Å². The first-order valence-electron chi connectivity index (χ1n) is 5.23. The first-order valence-corrected chi connectivity index (χ1v) is 7.01. The van der Waals surface area contributed by atoms with E-state index in [2.05, 4.69) is 31.5 Å². The molecule has 96 valence electrons. The number of thioether (sulfide) groups is 1. The fourth-order valence-corrected chi connectivity index (χ4v) is 2.75. The third-order valence-corrected chi connectivity index (χ3v) is 3.62. The summed E-state index contributed by atoms with van der Waals surface area (Å²) in [6.07, 6.45) is 0. The summed E-state index contributed by atoms with van der Waals surface area (Å²) >= 11 is 4.71. The van der Waals surface area contributed by atoms with E-state index in [0.717, 1.165) is 10.0 Å². The summed E-state index contributed by atoms with van der Waals surface area (Å²) in [6, 6.07) is 4.79. The van der Waals surface area contributed by atoms with Crippen LogP contribution in [0.4, 0.5) is 4.39 Å². The lowest BCUT2D eigenvalue weighted by Crippen LogP contribution is -2.12. The van der Waals surface area contributed by atoms with Gasteiger partial charge in [-0.05, 0) is 34.2 Å². The van der Waals surface area contributed by atoms with Crippen LogP contribution in [0.1, 0.15) is 5.56 Å². The van der Waals surface area contributed by atoms with E-state index >= 15 is 0 Å². The van der Waals surface area contributed by atoms with Crippen LogP contribution in [0.15, 0.2) is 27.8 Å². The molecule has 0 atom stereocenters. The van der Waals surface area contributed by atoms with Crippen LogP contribution in [0.2, 0.25) is 0 Å². The molecule has 0 fully saturated rings. The van der Waals surface area contributed by atoms with Gasteiger partial charge in [0.15, 0.2) is 0 Å². The van der Waals surface area contributed by atoms with Gasteiger partial charge in [0, 0.05) is 16.8 Å². The van der Waals surface area contributed by atoms with E-state index in [9.17, 15) is 4.39 Å². The van der Waals surface area contributed by atoms with E-state index in [1.807, 2.05) is 6.07 Å². The molecular weight excluding hydrogens is 321 g/mol. The molecule has 0 saturated carbocycles. The Morgan fingerprint density at radius 2 is 2.22 bits per heavy atom. The first kappa shape index (κ1) is 13.4. The molecule has 1 heterocycles. The smallest absolute Gasteiger partial charge is 0.209 e. The van der Waals surface area contributed by atoms with Crippen molar-refractivity contribution < 1.29 is 4.39 Å². The fraction of sp³-hybridized carbons (Fsp3) is 0.300. The van der Waals surface area contributed by atoms with Crippen molar-refractivity contribution >= 4 is 27.7 Å². The zero-order valence-corrected chi connectivity index (χ0v) is 11.8. The van der Waals surface area contributed by atoms with Gasteiger partial charge in [-0.2, -0.15) is 0 Å². The lowest BCUT2D eigenvalue weighted by molar-refractivity contribution is 0.557. The Morgan fingerprint density at radius 1 is 1.39 bits per heavy atom. The molecule has 0 aliphatic carbocycles. The van der Waals surface area contributed by atoms with Gasteiger partial charge in [0.1, 0.15) is 5.82 Å². The molecule has 0 radical (unpaired) electrons. The van der Waals surface area contributed by atoms with Crippen LogP contribution >= 0.6 is 27.7 Å². The molecule has 2 N–H and O–H groups in total. The second-order valence-corrected chi connectivity index (χ2v) is 5.40. The van der Waals surface area contributed by atoms with Crippen molar-refractivity contribution in [3.63, 3.8) is 0 Å². The van der Waals surface area contributed by atoms with E-state index in [1.165, 1.54) is 23.9 Å². The van der Waals surface area contributed by atoms with Gasteiger partial charge in [0.2, 0.25) is 5.16 Å². The van der Waals surface area contributed by atoms with Crippen LogP contribution in [0.25, 0.3) is 0 Å². The quantitative estimate of drug-likeness (QED) is 0.846. The number of tetrazole rings is 1. The van der Waals surface area contributed by atoms with Crippen molar-refractivity contribution in [1.82, 2.24) is 20.2 Å². The molecule has 8 heteroatoms. The predicted molar refractivity (Wildman–Crippen MR) is 70.5 cm³/mol. The Labute approximate surface area is 116 Å². The minimum absolute atomic E-state index is 0.262. The highest BCUT2D eigenvalue weighted by Gasteiger charge is 2.07. The van der Waals surface area contributed by atoms with Gasteiger partial charge in [0.25, 0.3) is 0 Å². The summed E-state index contributed by atoms with van der Waals surface area (Å²) < 4.78 is 15.6. The summed E-state index contributed by atoms with van der Waals surface area (Å²) in [4.78, 5) is 0. The molecule has 2 aromatic rings. The average Bonchev–Trinajstić information content (AvgIpc) is 2.73. The number of hydrogen-bond donors (Lipinski definition) is 1. The fourth-order valence-electron chi connectivity index (χ4n) is 1.40. The second kappa shape index (κ2) is 6.26. The van der Waals surface area contributed by atoms with E-state index in [-0.39, 0.29) is 5.82 Å². The summed E-state index contributed by atoms with van der Waals surface area (Å²) in [5, 5.41) is 12.0. The Hall–Kier alpha value is -0.990. The van der Waals surface area contributed by atoms with Gasteiger partial charge >= 0.3 is 0 Å². The molecule has 0 aliphatic rings. The maximum absolute atomic E-state index is 13.2. The highest BCUT2D eigenvalue weighted by molar-refractivity contribution is 9.10. The standard InChI is InChI=1S/C10H11BrFN5S/c11-8-3-7(4-9(12)5-8)6-18-10-14-15-16-17(10)2-1-13/h3-5H,1-2,6,13H2. The number of nitrogens with two attached hydrogens (primary N) is 1. The molecule has 1 aromatic heterocycles. The molecule has 5 nitrogen and oxygen atoms in total. The highest BCUT2D eigenvalue weighted by atomic mass is 79.9. The molecule has 1 aromatic carbocycles. The molecule has 18 heavy (non-hydrogen) atoms. The third-order valence-electron chi connectivity index (χ3n) is 2.13. The molecule has 0 bridgehead atoms. The van der Waals surface area contributed by atoms with Gasteiger partial charge in [-0.1, -0.05) is 27.7 Å². The Balaban J connectivity index is 2.04. The van der Waals surface area contributed by atoms with Crippen molar-refractivity contribution in [1.29, 1.82) is 0 Å². The lowest BCUT2D eigenvalue weighted by atomic mass is 10.2. The summed E-state index contributed by atoms with van der Waals surface area (Å²) in [6.45, 7) is 1.05. The number of benzene rings is 1. The second-order valence-electron chi connectivity index (χ2n) is 3.54. The van der Waals surface area contributed by atoms with E-state index in [0.29, 0.717) is 24.0 Å². The zero-order chi connectivity index (χ0) is 13.0. The Bertz CT molecular complexity index is 512. The van der Waals surface area contributed by atoms with Crippen LogP contribution in [0, 0.1) is 5.82 Å². The highest BCUT2D eigenvalue weighted by Crippen LogP contribution is 2.23. The van der Waals surface area contributed by atoms with Gasteiger partial charge in [-0.3, -0.25) is 0 Å². The van der Waals surface area contributed by atoms with Crippen molar-refractivity contribution in [3.05, 3.63) is 34.1 Å². The summed E-state index contributed by atoms with van der Waals surface area (Å²) in [5.41, 5.74) is 6.32. The number of halogens is 2. The first-order chi connectivity index (χ1) is 8.69. The van der Waals surface area contributed by atoms with E-state index in [4.69, 9.17) is 5.73 Å². The summed E-state index contributed by atoms with van der Waals surface area (Å²) in [7, 11) is 0. The van der Waals surface area contributed by atoms with Crippen LogP contribution in [0.3, 0.4) is 0 Å². The van der Waals surface area contributed by atoms with Gasteiger partial charge < -0.3 is 5.73 Å². The molecule has 2 rings (SSSR count). The minimum Gasteiger partial charge on any atom is -0.329 e. The van der Waals surface area contributed by atoms with Crippen molar-refractivity contribution in [3.8, 4) is 0 Å². The van der Waals surface area contributed by atoms with Crippen LogP contribution < -0.4 is 5.73 Å². The maximum Gasteiger partial charge on any atom is 0.209 e. The molecule has 0 unspecified atom stereocenters. The molecule has 0 amide bonds. The molecule has 0 saturated heterocycles. The number of rotatable bonds is 5. The largest absolute Gasteiger partial charge is 0.329 e. The Morgan fingerprint density at radius 3 is 2.94 bits per heavy atom. The maximum atomic E-state index is 13.2. The third kappa shape index (κ3) is 3.50. The number of aromatic nitrogens is 4. The molecular formula is C10H11BrFN5S. The van der Waals surface area contributed by atoms with Gasteiger partial charge in [0.05, 0.1) is 6.54 Å². The van der Waals surface area contributed by atoms with Crippen LogP contribution in [0.5, 0.6) is 0 Å². The van der Waals surface area contributed by atoms with Gasteiger partial charge in [-0.15, -0.1) is 5.10 Å². The monoisotopic (exact) mass is 331 g/mol. The lowest BCUT2D eigenvalue weighted by Gasteiger charge is -2.03. The summed E-state index contributed by atoms with van der Waals surface area (Å²) in [5.74, 6) is 0.336. The molecule has 0 spiro atoms. The zero-order valence-electron chi connectivity index (χ0n) is 9.38. The minimum atomic E-state index is -0.262. The molecule has 0 aliphatic heterocycles. The van der Waals surface area contributed by atoms with Crippen LogP contribution in [-0.4, -0.2) is 26.8 Å². The van der Waals surface area contributed by atoms with Crippen LogP contribution in [-0.2, 0) is 12.3 Å². The SMILES string of the molecule is NCCn1nnnc1SCc1cc(F)cc(Br)c1. The van der Waals surface area contributed by atoms with E-state index in [1.54, 1.807) is 4.68 Å². The van der Waals surface area contributed by atoms with Crippen molar-refractivity contribution in [2.24, 2.45) is 5.73 Å².